The molecule has 5 heteroatoms. The minimum Gasteiger partial charge on any atom is -0.322 e. The standard InChI is InChI=1S/C15H17BrFN3/c1-10-9-20(11-5-2-3-6-11)15(18-10)19-14-12(16)7-4-8-13(14)17/h4,7-9,11H,2-3,5-6H2,1H3,(H,18,19). The number of aryl methyl sites for hydroxylation is 1. The molecule has 0 unspecified atom stereocenters. The fourth-order valence-electron chi connectivity index (χ4n) is 2.80. The third kappa shape index (κ3) is 2.59. The zero-order valence-electron chi connectivity index (χ0n) is 11.4. The van der Waals surface area contributed by atoms with E-state index in [0.717, 1.165) is 11.6 Å². The summed E-state index contributed by atoms with van der Waals surface area (Å²) < 4.78 is 16.8. The maximum atomic E-state index is 13.9. The van der Waals surface area contributed by atoms with Gasteiger partial charge in [-0.05, 0) is 47.8 Å². The molecule has 0 radical (unpaired) electrons. The average Bonchev–Trinajstić information content (AvgIpc) is 3.03. The molecule has 0 aliphatic heterocycles. The van der Waals surface area contributed by atoms with E-state index in [4.69, 9.17) is 0 Å². The molecule has 0 atom stereocenters. The molecule has 2 aromatic rings. The molecule has 1 heterocycles. The first-order valence-electron chi connectivity index (χ1n) is 6.91. The van der Waals surface area contributed by atoms with Crippen LogP contribution < -0.4 is 5.32 Å². The Balaban J connectivity index is 1.94. The van der Waals surface area contributed by atoms with Crippen LogP contribution in [0.15, 0.2) is 28.9 Å². The Morgan fingerprint density at radius 1 is 1.35 bits per heavy atom. The number of nitrogens with zero attached hydrogens (tertiary/aromatic N) is 2. The van der Waals surface area contributed by atoms with Gasteiger partial charge in [0.25, 0.3) is 0 Å². The zero-order valence-corrected chi connectivity index (χ0v) is 13.0. The van der Waals surface area contributed by atoms with E-state index in [1.165, 1.54) is 31.7 Å². The van der Waals surface area contributed by atoms with Crippen molar-refractivity contribution in [1.29, 1.82) is 0 Å². The Morgan fingerprint density at radius 2 is 2.10 bits per heavy atom. The van der Waals surface area contributed by atoms with Crippen LogP contribution >= 0.6 is 15.9 Å². The highest BCUT2D eigenvalue weighted by Gasteiger charge is 2.21. The van der Waals surface area contributed by atoms with Crippen LogP contribution in [-0.2, 0) is 0 Å². The lowest BCUT2D eigenvalue weighted by atomic mass is 10.2. The number of aromatic nitrogens is 2. The fourth-order valence-corrected chi connectivity index (χ4v) is 3.24. The summed E-state index contributed by atoms with van der Waals surface area (Å²) in [7, 11) is 0. The van der Waals surface area contributed by atoms with Gasteiger partial charge in [0.2, 0.25) is 5.95 Å². The average molecular weight is 338 g/mol. The first-order valence-corrected chi connectivity index (χ1v) is 7.71. The molecule has 1 aliphatic carbocycles. The number of para-hydroxylation sites is 1. The third-order valence-electron chi connectivity index (χ3n) is 3.77. The minimum atomic E-state index is -0.280. The predicted octanol–water partition coefficient (Wildman–Crippen LogP) is 4.95. The van der Waals surface area contributed by atoms with Crippen molar-refractivity contribution in [1.82, 2.24) is 9.55 Å². The largest absolute Gasteiger partial charge is 0.322 e. The lowest BCUT2D eigenvalue weighted by Gasteiger charge is -2.16. The van der Waals surface area contributed by atoms with E-state index in [1.807, 2.05) is 19.2 Å². The topological polar surface area (TPSA) is 29.9 Å². The van der Waals surface area contributed by atoms with E-state index >= 15 is 0 Å². The number of benzene rings is 1. The van der Waals surface area contributed by atoms with Gasteiger partial charge < -0.3 is 9.88 Å². The summed E-state index contributed by atoms with van der Waals surface area (Å²) in [5.74, 6) is 0.443. The molecule has 0 amide bonds. The summed E-state index contributed by atoms with van der Waals surface area (Å²) in [6, 6.07) is 5.42. The maximum Gasteiger partial charge on any atom is 0.207 e. The van der Waals surface area contributed by atoms with Crippen molar-refractivity contribution in [3.05, 3.63) is 40.4 Å². The van der Waals surface area contributed by atoms with Gasteiger partial charge in [0.1, 0.15) is 5.82 Å². The van der Waals surface area contributed by atoms with Crippen molar-refractivity contribution in [3.63, 3.8) is 0 Å². The van der Waals surface area contributed by atoms with Crippen molar-refractivity contribution >= 4 is 27.6 Å². The third-order valence-corrected chi connectivity index (χ3v) is 4.43. The van der Waals surface area contributed by atoms with Gasteiger partial charge in [-0.3, -0.25) is 0 Å². The molecule has 1 aromatic carbocycles. The normalized spacial score (nSPS) is 15.8. The van der Waals surface area contributed by atoms with Gasteiger partial charge in [-0.2, -0.15) is 0 Å². The number of imidazole rings is 1. The molecule has 0 bridgehead atoms. The van der Waals surface area contributed by atoms with E-state index < -0.39 is 0 Å². The fraction of sp³-hybridized carbons (Fsp3) is 0.400. The molecule has 1 N–H and O–H groups in total. The second-order valence-electron chi connectivity index (χ2n) is 5.27. The van der Waals surface area contributed by atoms with Crippen LogP contribution in [0.5, 0.6) is 0 Å². The molecule has 1 aliphatic rings. The van der Waals surface area contributed by atoms with E-state index in [-0.39, 0.29) is 5.82 Å². The van der Waals surface area contributed by atoms with Crippen LogP contribution in [0.2, 0.25) is 0 Å². The molecular weight excluding hydrogens is 321 g/mol. The van der Waals surface area contributed by atoms with Gasteiger partial charge in [-0.25, -0.2) is 9.37 Å². The van der Waals surface area contributed by atoms with Crippen LogP contribution in [-0.4, -0.2) is 9.55 Å². The summed E-state index contributed by atoms with van der Waals surface area (Å²) in [6.45, 7) is 1.97. The zero-order chi connectivity index (χ0) is 14.1. The molecule has 1 fully saturated rings. The van der Waals surface area contributed by atoms with Crippen molar-refractivity contribution in [2.45, 2.75) is 38.6 Å². The van der Waals surface area contributed by atoms with Crippen LogP contribution in [0.4, 0.5) is 16.0 Å². The van der Waals surface area contributed by atoms with E-state index in [1.54, 1.807) is 6.07 Å². The predicted molar refractivity (Wildman–Crippen MR) is 81.9 cm³/mol. The number of hydrogen-bond donors (Lipinski definition) is 1. The number of rotatable bonds is 3. The van der Waals surface area contributed by atoms with E-state index in [2.05, 4.69) is 30.8 Å². The summed E-state index contributed by atoms with van der Waals surface area (Å²) >= 11 is 3.38. The van der Waals surface area contributed by atoms with Crippen LogP contribution in [0, 0.1) is 12.7 Å². The lowest BCUT2D eigenvalue weighted by Crippen LogP contribution is -2.08. The molecule has 0 saturated heterocycles. The molecule has 0 spiro atoms. The smallest absolute Gasteiger partial charge is 0.207 e. The second-order valence-corrected chi connectivity index (χ2v) is 6.13. The first kappa shape index (κ1) is 13.6. The van der Waals surface area contributed by atoms with Crippen LogP contribution in [0.25, 0.3) is 0 Å². The quantitative estimate of drug-likeness (QED) is 0.858. The van der Waals surface area contributed by atoms with Gasteiger partial charge in [-0.1, -0.05) is 18.9 Å². The Kier molecular flexibility index (Phi) is 3.78. The summed E-state index contributed by atoms with van der Waals surface area (Å²) in [5.41, 5.74) is 1.39. The SMILES string of the molecule is Cc1cn(C2CCCC2)c(Nc2c(F)cccc2Br)n1. The number of anilines is 2. The van der Waals surface area contributed by atoms with Gasteiger partial charge in [0.05, 0.1) is 11.4 Å². The summed E-state index contributed by atoms with van der Waals surface area (Å²) in [6.07, 6.45) is 6.90. The Hall–Kier alpha value is -1.36. The highest BCUT2D eigenvalue weighted by Crippen LogP contribution is 2.34. The highest BCUT2D eigenvalue weighted by molar-refractivity contribution is 9.10. The Morgan fingerprint density at radius 3 is 2.80 bits per heavy atom. The number of hydrogen-bond acceptors (Lipinski definition) is 2. The molecule has 1 saturated carbocycles. The number of halogens is 2. The monoisotopic (exact) mass is 337 g/mol. The van der Waals surface area contributed by atoms with E-state index in [9.17, 15) is 4.39 Å². The molecule has 106 valence electrons. The van der Waals surface area contributed by atoms with Crippen LogP contribution in [0.3, 0.4) is 0 Å². The van der Waals surface area contributed by atoms with E-state index in [0.29, 0.717) is 16.2 Å². The van der Waals surface area contributed by atoms with Crippen LogP contribution in [0.1, 0.15) is 37.4 Å². The first-order chi connectivity index (χ1) is 9.65. The Labute approximate surface area is 126 Å². The highest BCUT2D eigenvalue weighted by atomic mass is 79.9. The molecule has 20 heavy (non-hydrogen) atoms. The lowest BCUT2D eigenvalue weighted by molar-refractivity contribution is 0.524. The van der Waals surface area contributed by atoms with Gasteiger partial charge in [0, 0.05) is 16.7 Å². The molecule has 3 nitrogen and oxygen atoms in total. The van der Waals surface area contributed by atoms with Crippen molar-refractivity contribution < 1.29 is 4.39 Å². The van der Waals surface area contributed by atoms with Crippen molar-refractivity contribution in [3.8, 4) is 0 Å². The molecule has 1 aromatic heterocycles. The molecule has 3 rings (SSSR count). The summed E-state index contributed by atoms with van der Waals surface area (Å²) in [5, 5.41) is 3.14. The van der Waals surface area contributed by atoms with Crippen molar-refractivity contribution in [2.24, 2.45) is 0 Å². The second kappa shape index (κ2) is 5.56. The number of nitrogens with one attached hydrogen (secondary N) is 1. The Bertz CT molecular complexity index is 597. The van der Waals surface area contributed by atoms with Gasteiger partial charge in [-0.15, -0.1) is 0 Å². The van der Waals surface area contributed by atoms with Crippen molar-refractivity contribution in [2.75, 3.05) is 5.32 Å². The summed E-state index contributed by atoms with van der Waals surface area (Å²) in [4.78, 5) is 4.50. The molecular formula is C15H17BrFN3. The minimum absolute atomic E-state index is 0.280. The maximum absolute atomic E-state index is 13.9. The van der Waals surface area contributed by atoms with Gasteiger partial charge in [0.15, 0.2) is 0 Å². The van der Waals surface area contributed by atoms with Gasteiger partial charge >= 0.3 is 0 Å².